The lowest BCUT2D eigenvalue weighted by molar-refractivity contribution is 0.0745. The zero-order valence-electron chi connectivity index (χ0n) is 15.3. The van der Waals surface area contributed by atoms with Crippen molar-refractivity contribution in [3.8, 4) is 0 Å². The fourth-order valence-corrected chi connectivity index (χ4v) is 2.79. The van der Waals surface area contributed by atoms with E-state index in [9.17, 15) is 4.79 Å². The first-order valence-electron chi connectivity index (χ1n) is 8.60. The number of carbonyl (C=O) groups excluding carboxylic acids is 1. The summed E-state index contributed by atoms with van der Waals surface area (Å²) in [4.78, 5) is 18.7. The predicted molar refractivity (Wildman–Crippen MR) is 97.3 cm³/mol. The van der Waals surface area contributed by atoms with E-state index in [-0.39, 0.29) is 11.8 Å². The predicted octanol–water partition coefficient (Wildman–Crippen LogP) is 2.22. The average Bonchev–Trinajstić information content (AvgIpc) is 3.12. The Morgan fingerprint density at radius 2 is 1.88 bits per heavy atom. The molecule has 0 saturated carbocycles. The maximum absolute atomic E-state index is 12.7. The van der Waals surface area contributed by atoms with Gasteiger partial charge in [0.1, 0.15) is 0 Å². The largest absolute Gasteiger partial charge is 0.408 e. The third-order valence-electron chi connectivity index (χ3n) is 4.37. The number of aromatic nitrogens is 2. The molecule has 25 heavy (non-hydrogen) atoms. The van der Waals surface area contributed by atoms with Gasteiger partial charge in [0.15, 0.2) is 0 Å². The quantitative estimate of drug-likeness (QED) is 0.848. The van der Waals surface area contributed by atoms with Crippen LogP contribution >= 0.6 is 0 Å². The van der Waals surface area contributed by atoms with Crippen LogP contribution in [0, 0.1) is 0 Å². The van der Waals surface area contributed by atoms with Gasteiger partial charge in [0.2, 0.25) is 5.89 Å². The van der Waals surface area contributed by atoms with Crippen molar-refractivity contribution in [3.05, 3.63) is 35.7 Å². The number of nitrogens with zero attached hydrogens (tertiary/aromatic N) is 5. The minimum atomic E-state index is 0.0664. The Morgan fingerprint density at radius 1 is 1.16 bits per heavy atom. The van der Waals surface area contributed by atoms with E-state index < -0.39 is 0 Å². The maximum Gasteiger partial charge on any atom is 0.318 e. The summed E-state index contributed by atoms with van der Waals surface area (Å²) in [5, 5.41) is 8.20. The second-order valence-electron chi connectivity index (χ2n) is 6.80. The van der Waals surface area contributed by atoms with Crippen molar-refractivity contribution in [2.45, 2.75) is 19.8 Å². The summed E-state index contributed by atoms with van der Waals surface area (Å²) < 4.78 is 5.70. The van der Waals surface area contributed by atoms with Gasteiger partial charge < -0.3 is 19.1 Å². The van der Waals surface area contributed by atoms with E-state index in [0.717, 1.165) is 11.3 Å². The molecule has 0 radical (unpaired) electrons. The second-order valence-corrected chi connectivity index (χ2v) is 6.80. The van der Waals surface area contributed by atoms with Crippen LogP contribution < -0.4 is 9.80 Å². The van der Waals surface area contributed by atoms with Gasteiger partial charge in [-0.15, -0.1) is 5.10 Å². The number of amides is 1. The Morgan fingerprint density at radius 3 is 2.48 bits per heavy atom. The summed E-state index contributed by atoms with van der Waals surface area (Å²) in [7, 11) is 3.94. The third kappa shape index (κ3) is 3.75. The van der Waals surface area contributed by atoms with Gasteiger partial charge in [-0.3, -0.25) is 4.79 Å². The van der Waals surface area contributed by atoms with Crippen LogP contribution in [-0.2, 0) is 0 Å². The van der Waals surface area contributed by atoms with E-state index in [2.05, 4.69) is 10.2 Å². The summed E-state index contributed by atoms with van der Waals surface area (Å²) in [5.74, 6) is 0.929. The number of anilines is 2. The lowest BCUT2D eigenvalue weighted by Crippen LogP contribution is -2.49. The molecule has 0 aliphatic carbocycles. The maximum atomic E-state index is 12.7. The van der Waals surface area contributed by atoms with E-state index in [1.54, 1.807) is 0 Å². The molecule has 1 amide bonds. The Balaban J connectivity index is 1.63. The summed E-state index contributed by atoms with van der Waals surface area (Å²) >= 11 is 0. The van der Waals surface area contributed by atoms with Crippen LogP contribution in [0.1, 0.15) is 36.0 Å². The van der Waals surface area contributed by atoms with Crippen molar-refractivity contribution in [1.82, 2.24) is 15.1 Å². The number of rotatable bonds is 4. The van der Waals surface area contributed by atoms with E-state index in [4.69, 9.17) is 4.42 Å². The SMILES string of the molecule is CC(C)c1nnc(N2CCN(C(=O)c3cccc(N(C)C)c3)CC2)o1. The monoisotopic (exact) mass is 343 g/mol. The summed E-state index contributed by atoms with van der Waals surface area (Å²) in [6.45, 7) is 6.72. The van der Waals surface area contributed by atoms with Crippen molar-refractivity contribution >= 4 is 17.6 Å². The van der Waals surface area contributed by atoms with Crippen LogP contribution in [0.2, 0.25) is 0 Å². The standard InChI is InChI=1S/C18H25N5O2/c1-13(2)16-19-20-18(25-16)23-10-8-22(9-11-23)17(24)14-6-5-7-15(12-14)21(3)4/h5-7,12-13H,8-11H2,1-4H3. The molecule has 1 aromatic heterocycles. The Hall–Kier alpha value is -2.57. The van der Waals surface area contributed by atoms with Crippen LogP contribution in [0.5, 0.6) is 0 Å². The van der Waals surface area contributed by atoms with E-state index in [1.165, 1.54) is 0 Å². The lowest BCUT2D eigenvalue weighted by Gasteiger charge is -2.33. The zero-order chi connectivity index (χ0) is 18.0. The highest BCUT2D eigenvalue weighted by molar-refractivity contribution is 5.95. The fourth-order valence-electron chi connectivity index (χ4n) is 2.79. The molecule has 1 aliphatic rings. The number of hydrogen-bond donors (Lipinski definition) is 0. The molecule has 2 aromatic rings. The molecule has 0 bridgehead atoms. The zero-order valence-corrected chi connectivity index (χ0v) is 15.3. The van der Waals surface area contributed by atoms with Gasteiger partial charge in [-0.2, -0.15) is 0 Å². The Kier molecular flexibility index (Phi) is 4.92. The van der Waals surface area contributed by atoms with Crippen molar-refractivity contribution in [3.63, 3.8) is 0 Å². The van der Waals surface area contributed by atoms with Crippen molar-refractivity contribution < 1.29 is 9.21 Å². The topological polar surface area (TPSA) is 65.7 Å². The molecule has 1 aliphatic heterocycles. The molecule has 0 atom stereocenters. The number of hydrogen-bond acceptors (Lipinski definition) is 6. The highest BCUT2D eigenvalue weighted by Crippen LogP contribution is 2.21. The second kappa shape index (κ2) is 7.13. The van der Waals surface area contributed by atoms with Crippen molar-refractivity contribution in [2.24, 2.45) is 0 Å². The van der Waals surface area contributed by atoms with Crippen LogP contribution in [-0.4, -0.2) is 61.3 Å². The van der Waals surface area contributed by atoms with E-state index >= 15 is 0 Å². The lowest BCUT2D eigenvalue weighted by atomic mass is 10.1. The normalized spacial score (nSPS) is 14.9. The molecule has 0 spiro atoms. The third-order valence-corrected chi connectivity index (χ3v) is 4.37. The minimum Gasteiger partial charge on any atom is -0.408 e. The summed E-state index contributed by atoms with van der Waals surface area (Å²) in [6.07, 6.45) is 0. The molecule has 2 heterocycles. The van der Waals surface area contributed by atoms with Gasteiger partial charge in [0.05, 0.1) is 0 Å². The van der Waals surface area contributed by atoms with E-state index in [1.807, 2.05) is 66.9 Å². The highest BCUT2D eigenvalue weighted by atomic mass is 16.4. The summed E-state index contributed by atoms with van der Waals surface area (Å²) in [6, 6.07) is 8.27. The van der Waals surface area contributed by atoms with Crippen LogP contribution in [0.4, 0.5) is 11.7 Å². The van der Waals surface area contributed by atoms with E-state index in [0.29, 0.717) is 38.1 Å². The molecule has 1 aromatic carbocycles. The van der Waals surface area contributed by atoms with Crippen LogP contribution in [0.25, 0.3) is 0 Å². The first kappa shape index (κ1) is 17.3. The van der Waals surface area contributed by atoms with Gasteiger partial charge in [-0.25, -0.2) is 0 Å². The molecule has 3 rings (SSSR count). The number of carbonyl (C=O) groups is 1. The fraction of sp³-hybridized carbons (Fsp3) is 0.500. The first-order chi connectivity index (χ1) is 12.0. The Labute approximate surface area is 148 Å². The Bertz CT molecular complexity index is 733. The highest BCUT2D eigenvalue weighted by Gasteiger charge is 2.25. The van der Waals surface area contributed by atoms with Crippen molar-refractivity contribution in [2.75, 3.05) is 50.1 Å². The minimum absolute atomic E-state index is 0.0664. The average molecular weight is 343 g/mol. The molecule has 1 saturated heterocycles. The first-order valence-corrected chi connectivity index (χ1v) is 8.60. The molecule has 134 valence electrons. The van der Waals surface area contributed by atoms with Gasteiger partial charge in [0, 0.05) is 57.4 Å². The molecular formula is C18H25N5O2. The molecule has 7 nitrogen and oxygen atoms in total. The number of piperazine rings is 1. The molecule has 7 heteroatoms. The van der Waals surface area contributed by atoms with Gasteiger partial charge in [0.25, 0.3) is 5.91 Å². The van der Waals surface area contributed by atoms with Crippen LogP contribution in [0.3, 0.4) is 0 Å². The smallest absolute Gasteiger partial charge is 0.318 e. The van der Waals surface area contributed by atoms with Crippen LogP contribution in [0.15, 0.2) is 28.7 Å². The van der Waals surface area contributed by atoms with Gasteiger partial charge in [-0.05, 0) is 18.2 Å². The number of benzene rings is 1. The van der Waals surface area contributed by atoms with Gasteiger partial charge >= 0.3 is 6.01 Å². The molecule has 1 fully saturated rings. The van der Waals surface area contributed by atoms with Crippen molar-refractivity contribution in [1.29, 1.82) is 0 Å². The summed E-state index contributed by atoms with van der Waals surface area (Å²) in [5.41, 5.74) is 1.75. The molecule has 0 N–H and O–H groups in total. The molecular weight excluding hydrogens is 318 g/mol. The molecule has 0 unspecified atom stereocenters. The van der Waals surface area contributed by atoms with Gasteiger partial charge in [-0.1, -0.05) is 25.0 Å².